The van der Waals surface area contributed by atoms with Crippen molar-refractivity contribution in [2.75, 3.05) is 39.6 Å². The van der Waals surface area contributed by atoms with E-state index in [-0.39, 0.29) is 19.3 Å². The molecule has 87 heavy (non-hydrogen) atoms. The first-order valence-electron chi connectivity index (χ1n) is 31.8. The van der Waals surface area contributed by atoms with Crippen LogP contribution in [0.15, 0.2) is 158 Å². The first kappa shape index (κ1) is 82.2. The molecule has 0 aromatic carbocycles. The van der Waals surface area contributed by atoms with Gasteiger partial charge in [0.1, 0.15) is 25.4 Å². The summed E-state index contributed by atoms with van der Waals surface area (Å²) in [5, 5.41) is 20.5. The summed E-state index contributed by atoms with van der Waals surface area (Å²) >= 11 is 0. The van der Waals surface area contributed by atoms with Crippen LogP contribution in [0, 0.1) is 0 Å². The van der Waals surface area contributed by atoms with Gasteiger partial charge < -0.3 is 34.2 Å². The van der Waals surface area contributed by atoms with E-state index in [9.17, 15) is 43.5 Å². The molecule has 18 heteroatoms. The Bertz CT molecular complexity index is 2220. The van der Waals surface area contributed by atoms with Gasteiger partial charge in [0.15, 0.2) is 6.10 Å². The van der Waals surface area contributed by atoms with E-state index in [2.05, 4.69) is 167 Å². The molecule has 16 nitrogen and oxygen atoms in total. The molecule has 0 rings (SSSR count). The molecular formula is C69H110O16P2. The quantitative estimate of drug-likeness (QED) is 0.0146. The maximum atomic E-state index is 12.9. The fourth-order valence-corrected chi connectivity index (χ4v) is 9.05. The SMILES string of the molecule is CC/C=C\C/C=C\C/C=C\C/C=C\C/C=C\CCCCCC(=O)OCC(O)COP(=O)(O)OCC(O)COP(=O)(O)OCC(COC(=O)CCC/C=C\C/C=C\C/C=C\C/C=C\C/C=C\CC)OC(=O)CCCCCCC/C=C\C/C=C\C/C=C\CC. The van der Waals surface area contributed by atoms with E-state index >= 15 is 0 Å². The molecule has 0 saturated heterocycles. The van der Waals surface area contributed by atoms with E-state index in [0.717, 1.165) is 135 Å². The number of ether oxygens (including phenoxy) is 3. The van der Waals surface area contributed by atoms with Crippen molar-refractivity contribution in [1.29, 1.82) is 0 Å². The van der Waals surface area contributed by atoms with E-state index in [1.54, 1.807) is 0 Å². The van der Waals surface area contributed by atoms with Gasteiger partial charge in [-0.25, -0.2) is 9.13 Å². The first-order valence-corrected chi connectivity index (χ1v) is 34.8. The fraction of sp³-hybridized carbons (Fsp3) is 0.580. The largest absolute Gasteiger partial charge is 0.472 e. The number of carbonyl (C=O) groups is 3. The molecule has 0 saturated carbocycles. The molecule has 0 aromatic heterocycles. The number of phosphoric acid groups is 2. The van der Waals surface area contributed by atoms with Crippen LogP contribution in [0.25, 0.3) is 0 Å². The van der Waals surface area contributed by atoms with Gasteiger partial charge in [-0.15, -0.1) is 0 Å². The Morgan fingerprint density at radius 2 is 0.586 bits per heavy atom. The Balaban J connectivity index is 4.80. The summed E-state index contributed by atoms with van der Waals surface area (Å²) in [4.78, 5) is 58.2. The van der Waals surface area contributed by atoms with Gasteiger partial charge in [-0.2, -0.15) is 0 Å². The number of hydrogen-bond donors (Lipinski definition) is 4. The van der Waals surface area contributed by atoms with Gasteiger partial charge in [0.25, 0.3) is 0 Å². The zero-order valence-corrected chi connectivity index (χ0v) is 54.7. The second-order valence-corrected chi connectivity index (χ2v) is 23.3. The summed E-state index contributed by atoms with van der Waals surface area (Å²) in [5.41, 5.74) is 0. The van der Waals surface area contributed by atoms with Gasteiger partial charge >= 0.3 is 33.6 Å². The average Bonchev–Trinajstić information content (AvgIpc) is 3.68. The van der Waals surface area contributed by atoms with E-state index in [0.29, 0.717) is 25.7 Å². The number of phosphoric ester groups is 2. The van der Waals surface area contributed by atoms with Crippen molar-refractivity contribution in [2.45, 2.75) is 219 Å². The maximum Gasteiger partial charge on any atom is 0.472 e. The second-order valence-electron chi connectivity index (χ2n) is 20.4. The molecule has 0 radical (unpaired) electrons. The van der Waals surface area contributed by atoms with E-state index < -0.39 is 91.5 Å². The Kier molecular flexibility index (Phi) is 58.0. The third-order valence-electron chi connectivity index (χ3n) is 12.2. The van der Waals surface area contributed by atoms with Crippen molar-refractivity contribution in [3.8, 4) is 0 Å². The topological polar surface area (TPSA) is 231 Å². The van der Waals surface area contributed by atoms with Crippen molar-refractivity contribution in [3.05, 3.63) is 158 Å². The molecule has 0 amide bonds. The first-order chi connectivity index (χ1) is 42.2. The molecule has 5 unspecified atom stereocenters. The predicted octanol–water partition coefficient (Wildman–Crippen LogP) is 17.2. The molecule has 0 heterocycles. The fourth-order valence-electron chi connectivity index (χ4n) is 7.47. The Labute approximate surface area is 523 Å². The van der Waals surface area contributed by atoms with Crippen LogP contribution < -0.4 is 0 Å². The minimum absolute atomic E-state index is 0.0655. The minimum atomic E-state index is -4.95. The van der Waals surface area contributed by atoms with Crippen LogP contribution in [0.4, 0.5) is 0 Å². The standard InChI is InChI=1S/C69H110O16P2/c1-4-7-10-13-16-19-22-25-28-30-31-33-36-37-40-43-46-49-52-55-67(72)79-58-64(70)59-81-86(75,76)82-60-65(71)61-83-87(77,78)84-63-66(85-69(74)57-54-51-48-45-42-39-34-27-24-21-18-15-12-9-6-3)62-80-68(73)56-53-50-47-44-41-38-35-32-29-26-23-20-17-14-11-8-5-2/h7-12,16-21,25-29,31,33-35,37-38,40,44,47,64-66,70-71H,4-6,13-15,22-24,30,32,36,39,41-43,45-46,48-63H2,1-3H3,(H,75,76)(H,77,78)/b10-7-,11-8-,12-9-,19-16-,20-17-,21-18-,28-25-,29-26-,33-31-,34-27-,38-35-,40-37-,47-44-. The number of carbonyl (C=O) groups excluding carboxylic acids is 3. The zero-order chi connectivity index (χ0) is 63.8. The number of unbranched alkanes of at least 4 members (excludes halogenated alkanes) is 9. The second kappa shape index (κ2) is 61.4. The highest BCUT2D eigenvalue weighted by molar-refractivity contribution is 7.47. The predicted molar refractivity (Wildman–Crippen MR) is 352 cm³/mol. The van der Waals surface area contributed by atoms with Crippen molar-refractivity contribution in [1.82, 2.24) is 0 Å². The number of esters is 3. The van der Waals surface area contributed by atoms with Crippen LogP contribution in [0.5, 0.6) is 0 Å². The van der Waals surface area contributed by atoms with Gasteiger partial charge in [-0.1, -0.05) is 204 Å². The summed E-state index contributed by atoms with van der Waals surface area (Å²) in [6, 6.07) is 0. The minimum Gasteiger partial charge on any atom is -0.463 e. The van der Waals surface area contributed by atoms with Crippen LogP contribution in [0.1, 0.15) is 201 Å². The van der Waals surface area contributed by atoms with Crippen LogP contribution in [-0.4, -0.2) is 95.9 Å². The summed E-state index contributed by atoms with van der Waals surface area (Å²) in [5.74, 6) is -1.71. The summed E-state index contributed by atoms with van der Waals surface area (Å²) < 4.78 is 60.6. The van der Waals surface area contributed by atoms with E-state index in [1.165, 1.54) is 0 Å². The smallest absolute Gasteiger partial charge is 0.463 e. The van der Waals surface area contributed by atoms with Crippen LogP contribution in [0.2, 0.25) is 0 Å². The Hall–Kier alpha value is -4.83. The summed E-state index contributed by atoms with van der Waals surface area (Å²) in [6.07, 6.45) is 73.1. The normalized spacial score (nSPS) is 15.3. The van der Waals surface area contributed by atoms with Gasteiger partial charge in [-0.3, -0.25) is 32.5 Å². The highest BCUT2D eigenvalue weighted by Crippen LogP contribution is 2.45. The number of rotatable bonds is 58. The molecule has 0 aromatic rings. The molecule has 5 atom stereocenters. The molecular weight excluding hydrogens is 1150 g/mol. The molecule has 0 aliphatic rings. The number of hydrogen-bond acceptors (Lipinski definition) is 14. The lowest BCUT2D eigenvalue weighted by molar-refractivity contribution is -0.161. The third kappa shape index (κ3) is 62.6. The summed E-state index contributed by atoms with van der Waals surface area (Å²) in [7, 11) is -9.82. The number of allylic oxidation sites excluding steroid dienone is 26. The Morgan fingerprint density at radius 1 is 0.322 bits per heavy atom. The maximum absolute atomic E-state index is 12.9. The number of aliphatic hydroxyl groups excluding tert-OH is 2. The van der Waals surface area contributed by atoms with Crippen molar-refractivity contribution < 1.29 is 75.8 Å². The number of aliphatic hydroxyl groups is 2. The van der Waals surface area contributed by atoms with E-state index in [1.807, 2.05) is 12.2 Å². The lowest BCUT2D eigenvalue weighted by atomic mass is 10.1. The van der Waals surface area contributed by atoms with Crippen molar-refractivity contribution in [3.63, 3.8) is 0 Å². The molecule has 0 bridgehead atoms. The monoisotopic (exact) mass is 1260 g/mol. The highest BCUT2D eigenvalue weighted by Gasteiger charge is 2.29. The molecule has 0 spiro atoms. The van der Waals surface area contributed by atoms with Crippen molar-refractivity contribution in [2.24, 2.45) is 0 Å². The highest BCUT2D eigenvalue weighted by atomic mass is 31.2. The Morgan fingerprint density at radius 3 is 0.966 bits per heavy atom. The van der Waals surface area contributed by atoms with Crippen LogP contribution in [-0.2, 0) is 55.8 Å². The lowest BCUT2D eigenvalue weighted by Gasteiger charge is -2.21. The van der Waals surface area contributed by atoms with Gasteiger partial charge in [0.2, 0.25) is 0 Å². The molecule has 0 fully saturated rings. The molecule has 0 aliphatic heterocycles. The van der Waals surface area contributed by atoms with Gasteiger partial charge in [0.05, 0.1) is 26.4 Å². The van der Waals surface area contributed by atoms with E-state index in [4.69, 9.17) is 32.3 Å². The molecule has 492 valence electrons. The van der Waals surface area contributed by atoms with Gasteiger partial charge in [0, 0.05) is 19.3 Å². The third-order valence-corrected chi connectivity index (χ3v) is 14.1. The molecule has 0 aliphatic carbocycles. The molecule has 4 N–H and O–H groups in total. The summed E-state index contributed by atoms with van der Waals surface area (Å²) in [6.45, 7) is 2.14. The van der Waals surface area contributed by atoms with Crippen molar-refractivity contribution >= 4 is 33.6 Å². The van der Waals surface area contributed by atoms with Crippen LogP contribution in [0.3, 0.4) is 0 Å². The zero-order valence-electron chi connectivity index (χ0n) is 52.9. The average molecular weight is 1260 g/mol. The van der Waals surface area contributed by atoms with Gasteiger partial charge in [-0.05, 0) is 135 Å². The van der Waals surface area contributed by atoms with Crippen LogP contribution >= 0.6 is 15.6 Å². The lowest BCUT2D eigenvalue weighted by Crippen LogP contribution is -2.30.